The molecule has 0 aromatic heterocycles. The molecule has 2 heteroatoms. The molecule has 1 saturated heterocycles. The van der Waals surface area contributed by atoms with Crippen LogP contribution in [0.1, 0.15) is 30.0 Å². The largest absolute Gasteiger partial charge is 0.314 e. The highest BCUT2D eigenvalue weighted by molar-refractivity contribution is 5.29. The van der Waals surface area contributed by atoms with Crippen LogP contribution in [0.5, 0.6) is 0 Å². The molecule has 18 heavy (non-hydrogen) atoms. The molecule has 1 aromatic carbocycles. The molecule has 1 atom stereocenters. The zero-order chi connectivity index (χ0) is 12.8. The minimum absolute atomic E-state index is 0.548. The summed E-state index contributed by atoms with van der Waals surface area (Å²) in [6, 6.07) is 9.34. The van der Waals surface area contributed by atoms with Crippen molar-refractivity contribution in [3.05, 3.63) is 48.0 Å². The van der Waals surface area contributed by atoms with Gasteiger partial charge in [0.2, 0.25) is 0 Å². The number of nitrogens with zero attached hydrogens (tertiary/aromatic N) is 1. The summed E-state index contributed by atoms with van der Waals surface area (Å²) in [5, 5.41) is 3.43. The van der Waals surface area contributed by atoms with Crippen molar-refractivity contribution >= 4 is 0 Å². The average Bonchev–Trinajstić information content (AvgIpc) is 2.42. The van der Waals surface area contributed by atoms with Crippen molar-refractivity contribution in [2.45, 2.75) is 25.8 Å². The Morgan fingerprint density at radius 1 is 1.33 bits per heavy atom. The Balaban J connectivity index is 2.18. The maximum Gasteiger partial charge on any atom is 0.0354 e. The van der Waals surface area contributed by atoms with Crippen LogP contribution in [0, 0.1) is 6.92 Å². The van der Waals surface area contributed by atoms with Gasteiger partial charge in [0, 0.05) is 32.2 Å². The number of piperazine rings is 1. The Morgan fingerprint density at radius 3 is 2.72 bits per heavy atom. The van der Waals surface area contributed by atoms with Crippen molar-refractivity contribution in [3.63, 3.8) is 0 Å². The number of hydrogen-bond acceptors (Lipinski definition) is 2. The number of nitrogens with one attached hydrogen (secondary N) is 1. The molecule has 2 nitrogen and oxygen atoms in total. The Hall–Kier alpha value is -1.12. The van der Waals surface area contributed by atoms with Gasteiger partial charge in [-0.25, -0.2) is 0 Å². The zero-order valence-electron chi connectivity index (χ0n) is 11.4. The van der Waals surface area contributed by atoms with Gasteiger partial charge in [0.05, 0.1) is 0 Å². The van der Waals surface area contributed by atoms with Gasteiger partial charge in [-0.2, -0.15) is 0 Å². The predicted molar refractivity (Wildman–Crippen MR) is 77.8 cm³/mol. The molecule has 1 aliphatic rings. The summed E-state index contributed by atoms with van der Waals surface area (Å²) >= 11 is 0. The van der Waals surface area contributed by atoms with Crippen molar-refractivity contribution in [3.8, 4) is 0 Å². The highest BCUT2D eigenvalue weighted by atomic mass is 15.2. The quantitative estimate of drug-likeness (QED) is 0.801. The standard InChI is InChI=1S/C16H24N2/c1-3-4-9-16(18-12-10-17-11-13-18)15-8-6-5-7-14(15)2/h3,5-8,16-17H,1,4,9-13H2,2H3/t16-/m1/s1. The van der Waals surface area contributed by atoms with Crippen LogP contribution in [0.3, 0.4) is 0 Å². The van der Waals surface area contributed by atoms with Crippen LogP contribution in [0.15, 0.2) is 36.9 Å². The second-order valence-electron chi connectivity index (χ2n) is 5.02. The molecule has 1 aliphatic heterocycles. The fourth-order valence-corrected chi connectivity index (χ4v) is 2.76. The van der Waals surface area contributed by atoms with E-state index in [0.29, 0.717) is 6.04 Å². The van der Waals surface area contributed by atoms with E-state index in [0.717, 1.165) is 32.6 Å². The molecule has 1 N–H and O–H groups in total. The number of allylic oxidation sites excluding steroid dienone is 1. The first-order valence-corrected chi connectivity index (χ1v) is 6.94. The highest BCUT2D eigenvalue weighted by Crippen LogP contribution is 2.28. The number of rotatable bonds is 5. The van der Waals surface area contributed by atoms with E-state index in [2.05, 4.69) is 48.0 Å². The molecule has 1 heterocycles. The molecule has 0 amide bonds. The maximum absolute atomic E-state index is 3.86. The predicted octanol–water partition coefficient (Wildman–Crippen LogP) is 2.91. The maximum atomic E-state index is 3.86. The number of hydrogen-bond donors (Lipinski definition) is 1. The lowest BCUT2D eigenvalue weighted by atomic mass is 9.95. The van der Waals surface area contributed by atoms with Gasteiger partial charge in [-0.05, 0) is 30.9 Å². The van der Waals surface area contributed by atoms with E-state index in [1.807, 2.05) is 6.08 Å². The van der Waals surface area contributed by atoms with Crippen LogP contribution < -0.4 is 5.32 Å². The lowest BCUT2D eigenvalue weighted by Crippen LogP contribution is -2.45. The first-order chi connectivity index (χ1) is 8.83. The second-order valence-corrected chi connectivity index (χ2v) is 5.02. The van der Waals surface area contributed by atoms with E-state index in [1.54, 1.807) is 0 Å². The van der Waals surface area contributed by atoms with Crippen LogP contribution in [-0.2, 0) is 0 Å². The summed E-state index contributed by atoms with van der Waals surface area (Å²) in [4.78, 5) is 2.61. The van der Waals surface area contributed by atoms with Gasteiger partial charge < -0.3 is 5.32 Å². The van der Waals surface area contributed by atoms with E-state index < -0.39 is 0 Å². The summed E-state index contributed by atoms with van der Waals surface area (Å²) in [6.07, 6.45) is 4.30. The molecular formula is C16H24N2. The van der Waals surface area contributed by atoms with E-state index in [1.165, 1.54) is 17.5 Å². The number of aryl methyl sites for hydroxylation is 1. The van der Waals surface area contributed by atoms with Crippen LogP contribution in [-0.4, -0.2) is 31.1 Å². The molecule has 1 aromatic rings. The number of benzene rings is 1. The van der Waals surface area contributed by atoms with Gasteiger partial charge in [0.15, 0.2) is 0 Å². The molecule has 2 rings (SSSR count). The van der Waals surface area contributed by atoms with Gasteiger partial charge in [-0.3, -0.25) is 4.90 Å². The van der Waals surface area contributed by atoms with Gasteiger partial charge >= 0.3 is 0 Å². The van der Waals surface area contributed by atoms with Crippen molar-refractivity contribution in [2.24, 2.45) is 0 Å². The van der Waals surface area contributed by atoms with Crippen molar-refractivity contribution in [1.29, 1.82) is 0 Å². The summed E-state index contributed by atoms with van der Waals surface area (Å²) in [7, 11) is 0. The van der Waals surface area contributed by atoms with Gasteiger partial charge in [0.25, 0.3) is 0 Å². The van der Waals surface area contributed by atoms with Gasteiger partial charge in [-0.1, -0.05) is 30.3 Å². The van der Waals surface area contributed by atoms with Crippen LogP contribution >= 0.6 is 0 Å². The smallest absolute Gasteiger partial charge is 0.0354 e. The lowest BCUT2D eigenvalue weighted by Gasteiger charge is -2.36. The van der Waals surface area contributed by atoms with Crippen molar-refractivity contribution < 1.29 is 0 Å². The Kier molecular flexibility index (Phi) is 4.97. The fourth-order valence-electron chi connectivity index (χ4n) is 2.76. The molecular weight excluding hydrogens is 220 g/mol. The van der Waals surface area contributed by atoms with Crippen LogP contribution in [0.2, 0.25) is 0 Å². The molecule has 1 fully saturated rings. The fraction of sp³-hybridized carbons (Fsp3) is 0.500. The second kappa shape index (κ2) is 6.72. The summed E-state index contributed by atoms with van der Waals surface area (Å²) in [5.74, 6) is 0. The molecule has 0 spiro atoms. The third kappa shape index (κ3) is 3.21. The Labute approximate surface area is 111 Å². The normalized spacial score (nSPS) is 18.5. The molecule has 0 saturated carbocycles. The third-order valence-electron chi connectivity index (χ3n) is 3.78. The summed E-state index contributed by atoms with van der Waals surface area (Å²) < 4.78 is 0. The van der Waals surface area contributed by atoms with E-state index in [9.17, 15) is 0 Å². The van der Waals surface area contributed by atoms with Crippen LogP contribution in [0.25, 0.3) is 0 Å². The average molecular weight is 244 g/mol. The third-order valence-corrected chi connectivity index (χ3v) is 3.78. The monoisotopic (exact) mass is 244 g/mol. The van der Waals surface area contributed by atoms with Crippen molar-refractivity contribution in [2.75, 3.05) is 26.2 Å². The summed E-state index contributed by atoms with van der Waals surface area (Å²) in [6.45, 7) is 10.6. The minimum atomic E-state index is 0.548. The Bertz CT molecular complexity index is 380. The van der Waals surface area contributed by atoms with E-state index >= 15 is 0 Å². The topological polar surface area (TPSA) is 15.3 Å². The molecule has 0 bridgehead atoms. The molecule has 0 radical (unpaired) electrons. The minimum Gasteiger partial charge on any atom is -0.314 e. The van der Waals surface area contributed by atoms with E-state index in [-0.39, 0.29) is 0 Å². The zero-order valence-corrected chi connectivity index (χ0v) is 11.4. The first-order valence-electron chi connectivity index (χ1n) is 6.94. The first kappa shape index (κ1) is 13.3. The van der Waals surface area contributed by atoms with E-state index in [4.69, 9.17) is 0 Å². The van der Waals surface area contributed by atoms with Crippen LogP contribution in [0.4, 0.5) is 0 Å². The van der Waals surface area contributed by atoms with Crippen molar-refractivity contribution in [1.82, 2.24) is 10.2 Å². The SMILES string of the molecule is C=CCC[C@H](c1ccccc1C)N1CCNCC1. The Morgan fingerprint density at radius 2 is 2.06 bits per heavy atom. The highest BCUT2D eigenvalue weighted by Gasteiger charge is 2.22. The van der Waals surface area contributed by atoms with Gasteiger partial charge in [0.1, 0.15) is 0 Å². The summed E-state index contributed by atoms with van der Waals surface area (Å²) in [5.41, 5.74) is 2.89. The molecule has 98 valence electrons. The molecule has 0 aliphatic carbocycles. The molecule has 0 unspecified atom stereocenters. The lowest BCUT2D eigenvalue weighted by molar-refractivity contribution is 0.165. The van der Waals surface area contributed by atoms with Gasteiger partial charge in [-0.15, -0.1) is 6.58 Å².